The van der Waals surface area contributed by atoms with Gasteiger partial charge in [0.2, 0.25) is 5.91 Å². The highest BCUT2D eigenvalue weighted by Crippen LogP contribution is 2.31. The second kappa shape index (κ2) is 7.53. The first kappa shape index (κ1) is 17.2. The summed E-state index contributed by atoms with van der Waals surface area (Å²) in [4.78, 5) is 25.9. The molecule has 2 aliphatic rings. The zero-order valence-corrected chi connectivity index (χ0v) is 14.6. The number of likely N-dealkylation sites (tertiary alicyclic amines) is 1. The van der Waals surface area contributed by atoms with E-state index >= 15 is 0 Å². The fourth-order valence-corrected chi connectivity index (χ4v) is 3.99. The fourth-order valence-electron chi connectivity index (χ4n) is 3.09. The van der Waals surface area contributed by atoms with Gasteiger partial charge in [-0.05, 0) is 50.8 Å². The molecule has 2 fully saturated rings. The summed E-state index contributed by atoms with van der Waals surface area (Å²) in [5, 5.41) is 13.5. The van der Waals surface area contributed by atoms with E-state index in [-0.39, 0.29) is 16.8 Å². The summed E-state index contributed by atoms with van der Waals surface area (Å²) in [6.45, 7) is 4.88. The minimum absolute atomic E-state index is 0.0308. The lowest BCUT2D eigenvalue weighted by Crippen LogP contribution is -2.35. The topological polar surface area (TPSA) is 75.5 Å². The molecular formula is C17H23N3O3S. The number of nitrogens with zero attached hydrogens (tertiary/aromatic N) is 2. The number of thioether (sulfide) groups is 1. The van der Waals surface area contributed by atoms with Crippen LogP contribution in [0.5, 0.6) is 0 Å². The average molecular weight is 349 g/mol. The second-order valence-electron chi connectivity index (χ2n) is 6.64. The number of nitro benzene ring substituents is 1. The highest BCUT2D eigenvalue weighted by molar-refractivity contribution is 8.00. The molecule has 0 unspecified atom stereocenters. The average Bonchev–Trinajstić information content (AvgIpc) is 3.31. The van der Waals surface area contributed by atoms with Crippen molar-refractivity contribution in [1.29, 1.82) is 0 Å². The van der Waals surface area contributed by atoms with Gasteiger partial charge in [-0.2, -0.15) is 0 Å². The number of carbonyl (C=O) groups is 1. The van der Waals surface area contributed by atoms with Gasteiger partial charge in [0.15, 0.2) is 0 Å². The monoisotopic (exact) mass is 349 g/mol. The Bertz CT molecular complexity index is 604. The summed E-state index contributed by atoms with van der Waals surface area (Å²) in [6.07, 6.45) is 3.84. The van der Waals surface area contributed by atoms with E-state index in [0.29, 0.717) is 5.92 Å². The van der Waals surface area contributed by atoms with Gasteiger partial charge in [-0.15, -0.1) is 11.8 Å². The van der Waals surface area contributed by atoms with Crippen LogP contribution in [0, 0.1) is 16.0 Å². The summed E-state index contributed by atoms with van der Waals surface area (Å²) in [6, 6.07) is 7.13. The smallest absolute Gasteiger partial charge is 0.269 e. The van der Waals surface area contributed by atoms with E-state index in [9.17, 15) is 14.9 Å². The Morgan fingerprint density at radius 2 is 2.08 bits per heavy atom. The molecule has 7 heteroatoms. The molecule has 130 valence electrons. The molecule has 0 radical (unpaired) electrons. The normalized spacial score (nSPS) is 22.3. The van der Waals surface area contributed by atoms with Crippen molar-refractivity contribution < 1.29 is 9.72 Å². The van der Waals surface area contributed by atoms with E-state index in [0.717, 1.165) is 30.6 Å². The third-order valence-electron chi connectivity index (χ3n) is 4.68. The molecule has 0 spiro atoms. The number of amides is 1. The predicted molar refractivity (Wildman–Crippen MR) is 94.1 cm³/mol. The van der Waals surface area contributed by atoms with Crippen molar-refractivity contribution in [3.63, 3.8) is 0 Å². The van der Waals surface area contributed by atoms with E-state index in [1.165, 1.54) is 43.2 Å². The number of nitro groups is 1. The first-order chi connectivity index (χ1) is 11.5. The molecule has 24 heavy (non-hydrogen) atoms. The highest BCUT2D eigenvalue weighted by atomic mass is 32.2. The molecule has 1 aromatic rings. The van der Waals surface area contributed by atoms with Crippen molar-refractivity contribution in [3.8, 4) is 0 Å². The van der Waals surface area contributed by atoms with Crippen molar-refractivity contribution in [2.24, 2.45) is 5.92 Å². The van der Waals surface area contributed by atoms with E-state index in [2.05, 4.69) is 10.2 Å². The molecule has 1 aliphatic carbocycles. The van der Waals surface area contributed by atoms with E-state index in [1.807, 2.05) is 6.92 Å². The van der Waals surface area contributed by atoms with Crippen molar-refractivity contribution >= 4 is 23.4 Å². The Balaban J connectivity index is 1.42. The fraction of sp³-hybridized carbons (Fsp3) is 0.588. The molecule has 1 saturated heterocycles. The van der Waals surface area contributed by atoms with E-state index < -0.39 is 4.92 Å². The molecule has 0 bridgehead atoms. The van der Waals surface area contributed by atoms with Crippen LogP contribution in [0.1, 0.15) is 26.2 Å². The SMILES string of the molecule is C[C@H](Sc1ccc([N+](=O)[O-])cc1)C(=O)NC[C@H]1CCN(C2CC2)C1. The number of nitrogens with one attached hydrogen (secondary N) is 1. The van der Waals surface area contributed by atoms with Crippen LogP contribution in [0.25, 0.3) is 0 Å². The largest absolute Gasteiger partial charge is 0.355 e. The number of carbonyl (C=O) groups excluding carboxylic acids is 1. The molecule has 1 aliphatic heterocycles. The van der Waals surface area contributed by atoms with Gasteiger partial charge in [0.1, 0.15) is 0 Å². The molecule has 1 aromatic carbocycles. The number of non-ortho nitro benzene ring substituents is 1. The second-order valence-corrected chi connectivity index (χ2v) is 8.05. The van der Waals surface area contributed by atoms with Crippen LogP contribution in [-0.4, -0.2) is 46.7 Å². The lowest BCUT2D eigenvalue weighted by Gasteiger charge is -2.16. The third-order valence-corrected chi connectivity index (χ3v) is 5.79. The van der Waals surface area contributed by atoms with Crippen LogP contribution < -0.4 is 5.32 Å². The summed E-state index contributed by atoms with van der Waals surface area (Å²) < 4.78 is 0. The third kappa shape index (κ3) is 4.48. The van der Waals surface area contributed by atoms with Crippen LogP contribution in [0.15, 0.2) is 29.2 Å². The zero-order valence-electron chi connectivity index (χ0n) is 13.8. The van der Waals surface area contributed by atoms with Gasteiger partial charge in [-0.25, -0.2) is 0 Å². The van der Waals surface area contributed by atoms with Crippen molar-refractivity contribution in [3.05, 3.63) is 34.4 Å². The van der Waals surface area contributed by atoms with Gasteiger partial charge in [0, 0.05) is 36.2 Å². The molecule has 0 aromatic heterocycles. The summed E-state index contributed by atoms with van der Waals surface area (Å²) in [7, 11) is 0. The van der Waals surface area contributed by atoms with Crippen molar-refractivity contribution in [1.82, 2.24) is 10.2 Å². The molecular weight excluding hydrogens is 326 g/mol. The standard InChI is InChI=1S/C17H23N3O3S/c1-12(24-16-6-4-15(5-7-16)20(22)23)17(21)18-10-13-8-9-19(11-13)14-2-3-14/h4-7,12-14H,2-3,8-11H2,1H3,(H,18,21)/t12-,13+/m0/s1. The number of hydrogen-bond donors (Lipinski definition) is 1. The number of rotatable bonds is 7. The van der Waals surface area contributed by atoms with Crippen LogP contribution in [0.2, 0.25) is 0 Å². The summed E-state index contributed by atoms with van der Waals surface area (Å²) in [5.74, 6) is 0.592. The molecule has 1 amide bonds. The van der Waals surface area contributed by atoms with Gasteiger partial charge < -0.3 is 10.2 Å². The van der Waals surface area contributed by atoms with Crippen LogP contribution in [0.4, 0.5) is 5.69 Å². The Morgan fingerprint density at radius 3 is 2.71 bits per heavy atom. The molecule has 1 saturated carbocycles. The van der Waals surface area contributed by atoms with Crippen molar-refractivity contribution in [2.45, 2.75) is 42.4 Å². The van der Waals surface area contributed by atoms with Gasteiger partial charge in [-0.1, -0.05) is 0 Å². The van der Waals surface area contributed by atoms with Crippen molar-refractivity contribution in [2.75, 3.05) is 19.6 Å². The first-order valence-electron chi connectivity index (χ1n) is 8.46. The first-order valence-corrected chi connectivity index (χ1v) is 9.34. The lowest BCUT2D eigenvalue weighted by atomic mass is 10.1. The molecule has 1 N–H and O–H groups in total. The summed E-state index contributed by atoms with van der Waals surface area (Å²) in [5.41, 5.74) is 0.0675. The zero-order chi connectivity index (χ0) is 17.1. The number of hydrogen-bond acceptors (Lipinski definition) is 5. The van der Waals surface area contributed by atoms with Gasteiger partial charge in [-0.3, -0.25) is 14.9 Å². The van der Waals surface area contributed by atoms with Crippen LogP contribution in [0.3, 0.4) is 0 Å². The maximum atomic E-state index is 12.3. The predicted octanol–water partition coefficient (Wildman–Crippen LogP) is 2.68. The Labute approximate surface area is 146 Å². The number of benzene rings is 1. The van der Waals surface area contributed by atoms with Gasteiger partial charge >= 0.3 is 0 Å². The maximum Gasteiger partial charge on any atom is 0.269 e. The van der Waals surface area contributed by atoms with Gasteiger partial charge in [0.05, 0.1) is 10.2 Å². The highest BCUT2D eigenvalue weighted by Gasteiger charge is 2.34. The van der Waals surface area contributed by atoms with E-state index in [4.69, 9.17) is 0 Å². The molecule has 2 atom stereocenters. The lowest BCUT2D eigenvalue weighted by molar-refractivity contribution is -0.384. The van der Waals surface area contributed by atoms with Gasteiger partial charge in [0.25, 0.3) is 5.69 Å². The Hall–Kier alpha value is -1.60. The maximum absolute atomic E-state index is 12.3. The minimum Gasteiger partial charge on any atom is -0.355 e. The van der Waals surface area contributed by atoms with Crippen LogP contribution >= 0.6 is 11.8 Å². The van der Waals surface area contributed by atoms with Crippen LogP contribution in [-0.2, 0) is 4.79 Å². The molecule has 3 rings (SSSR count). The summed E-state index contributed by atoms with van der Waals surface area (Å²) >= 11 is 1.42. The molecule has 1 heterocycles. The Morgan fingerprint density at radius 1 is 1.38 bits per heavy atom. The molecule has 6 nitrogen and oxygen atoms in total. The quantitative estimate of drug-likeness (QED) is 0.465. The minimum atomic E-state index is -0.420. The van der Waals surface area contributed by atoms with E-state index in [1.54, 1.807) is 12.1 Å². The Kier molecular flexibility index (Phi) is 5.40.